The van der Waals surface area contributed by atoms with E-state index in [1.54, 1.807) is 5.82 Å². The number of hydrogen-bond acceptors (Lipinski definition) is 0. The average molecular weight is 434 g/mol. The summed E-state index contributed by atoms with van der Waals surface area (Å²) in [5.74, 6) is 1.60. The summed E-state index contributed by atoms with van der Waals surface area (Å²) in [5, 5.41) is 0. The fourth-order valence-corrected chi connectivity index (χ4v) is 4.73. The maximum Gasteiger partial charge on any atom is 0.256 e. The molecule has 0 unspecified atom stereocenters. The van der Waals surface area contributed by atoms with E-state index in [0.29, 0.717) is 0 Å². The fourth-order valence-electron chi connectivity index (χ4n) is 4.73. The molecular formula is C29H57N2+. The first-order valence-corrected chi connectivity index (χ1v) is 14.4. The van der Waals surface area contributed by atoms with Crippen LogP contribution in [0.2, 0.25) is 0 Å². The summed E-state index contributed by atoms with van der Waals surface area (Å²) in [7, 11) is 0. The van der Waals surface area contributed by atoms with E-state index in [-0.39, 0.29) is 0 Å². The lowest BCUT2D eigenvalue weighted by atomic mass is 10.1. The van der Waals surface area contributed by atoms with Crippen LogP contribution in [-0.2, 0) is 19.5 Å². The highest BCUT2D eigenvalue weighted by Crippen LogP contribution is 2.12. The highest BCUT2D eigenvalue weighted by molar-refractivity contribution is 4.84. The van der Waals surface area contributed by atoms with Gasteiger partial charge in [-0.25, -0.2) is 9.13 Å². The molecule has 1 heterocycles. The van der Waals surface area contributed by atoms with Gasteiger partial charge in [-0.2, -0.15) is 0 Å². The number of hydrogen-bond donors (Lipinski definition) is 0. The Labute approximate surface area is 196 Å². The molecule has 0 N–H and O–H groups in total. The molecule has 0 saturated heterocycles. The zero-order valence-electron chi connectivity index (χ0n) is 21.8. The molecule has 0 aliphatic heterocycles. The van der Waals surface area contributed by atoms with Gasteiger partial charge in [-0.1, -0.05) is 117 Å². The number of nitrogens with zero attached hydrogens (tertiary/aromatic N) is 2. The Balaban J connectivity index is 2.36. The molecule has 0 bridgehead atoms. The third-order valence-corrected chi connectivity index (χ3v) is 6.85. The summed E-state index contributed by atoms with van der Waals surface area (Å²) in [4.78, 5) is 0. The van der Waals surface area contributed by atoms with Gasteiger partial charge in [0.25, 0.3) is 5.82 Å². The topological polar surface area (TPSA) is 8.81 Å². The molecular weight excluding hydrogens is 376 g/mol. The van der Waals surface area contributed by atoms with Crippen LogP contribution >= 0.6 is 0 Å². The molecule has 0 amide bonds. The molecule has 0 aliphatic rings. The molecule has 1 aromatic rings. The number of aryl methyl sites for hydroxylation is 2. The van der Waals surface area contributed by atoms with Crippen LogP contribution in [0.3, 0.4) is 0 Å². The summed E-state index contributed by atoms with van der Waals surface area (Å²) in [6, 6.07) is 0. The Morgan fingerprint density at radius 1 is 0.548 bits per heavy atom. The Hall–Kier alpha value is -0.790. The van der Waals surface area contributed by atoms with Crippen LogP contribution in [0.5, 0.6) is 0 Å². The zero-order chi connectivity index (χ0) is 22.4. The molecule has 1 rings (SSSR count). The van der Waals surface area contributed by atoms with Gasteiger partial charge in [0.15, 0.2) is 0 Å². The molecule has 2 heteroatoms. The molecule has 182 valence electrons. The normalized spacial score (nSPS) is 11.5. The van der Waals surface area contributed by atoms with Crippen molar-refractivity contribution in [3.63, 3.8) is 0 Å². The van der Waals surface area contributed by atoms with Crippen LogP contribution in [-0.4, -0.2) is 4.57 Å². The summed E-state index contributed by atoms with van der Waals surface area (Å²) in [5.41, 5.74) is 0. The Kier molecular flexibility index (Phi) is 19.2. The van der Waals surface area contributed by atoms with Crippen LogP contribution in [0.4, 0.5) is 0 Å². The van der Waals surface area contributed by atoms with Gasteiger partial charge >= 0.3 is 0 Å². The average Bonchev–Trinajstić information content (AvgIpc) is 3.16. The van der Waals surface area contributed by atoms with Gasteiger partial charge in [0.05, 0.1) is 13.1 Å². The molecule has 31 heavy (non-hydrogen) atoms. The van der Waals surface area contributed by atoms with Crippen molar-refractivity contribution in [2.75, 3.05) is 0 Å². The number of aromatic nitrogens is 2. The van der Waals surface area contributed by atoms with Crippen LogP contribution in [0.1, 0.15) is 155 Å². The van der Waals surface area contributed by atoms with Crippen molar-refractivity contribution in [3.8, 4) is 0 Å². The van der Waals surface area contributed by atoms with Crippen molar-refractivity contribution in [2.24, 2.45) is 0 Å². The molecule has 0 aromatic carbocycles. The summed E-state index contributed by atoms with van der Waals surface area (Å²) in [6.45, 7) is 9.37. The van der Waals surface area contributed by atoms with Crippen molar-refractivity contribution in [3.05, 3.63) is 18.2 Å². The Morgan fingerprint density at radius 2 is 1.00 bits per heavy atom. The summed E-state index contributed by atoms with van der Waals surface area (Å²) in [6.07, 6.45) is 34.0. The van der Waals surface area contributed by atoms with Crippen molar-refractivity contribution < 1.29 is 4.57 Å². The van der Waals surface area contributed by atoms with Gasteiger partial charge in [-0.05, 0) is 32.1 Å². The van der Waals surface area contributed by atoms with Crippen molar-refractivity contribution in [1.29, 1.82) is 0 Å². The second kappa shape index (κ2) is 21.1. The van der Waals surface area contributed by atoms with Crippen LogP contribution in [0, 0.1) is 0 Å². The van der Waals surface area contributed by atoms with Gasteiger partial charge in [0, 0.05) is 6.42 Å². The van der Waals surface area contributed by atoms with E-state index in [1.165, 1.54) is 148 Å². The molecule has 0 atom stereocenters. The minimum absolute atomic E-state index is 1.22. The van der Waals surface area contributed by atoms with Crippen LogP contribution in [0.25, 0.3) is 0 Å². The number of imidazole rings is 1. The van der Waals surface area contributed by atoms with Crippen molar-refractivity contribution in [1.82, 2.24) is 4.57 Å². The molecule has 1 aromatic heterocycles. The third-order valence-electron chi connectivity index (χ3n) is 6.85. The predicted molar refractivity (Wildman–Crippen MR) is 138 cm³/mol. The molecule has 0 radical (unpaired) electrons. The van der Waals surface area contributed by atoms with Crippen molar-refractivity contribution in [2.45, 2.75) is 169 Å². The zero-order valence-corrected chi connectivity index (χ0v) is 21.8. The first-order valence-electron chi connectivity index (χ1n) is 14.4. The van der Waals surface area contributed by atoms with Crippen LogP contribution < -0.4 is 4.57 Å². The summed E-state index contributed by atoms with van der Waals surface area (Å²) >= 11 is 0. The highest BCUT2D eigenvalue weighted by Gasteiger charge is 2.16. The van der Waals surface area contributed by atoms with E-state index in [0.717, 1.165) is 0 Å². The maximum absolute atomic E-state index is 2.60. The summed E-state index contributed by atoms with van der Waals surface area (Å²) < 4.78 is 5.19. The lowest BCUT2D eigenvalue weighted by Crippen LogP contribution is -2.37. The van der Waals surface area contributed by atoms with Gasteiger partial charge in [0.2, 0.25) is 0 Å². The van der Waals surface area contributed by atoms with Crippen molar-refractivity contribution >= 4 is 0 Å². The molecule has 0 fully saturated rings. The molecule has 2 nitrogen and oxygen atoms in total. The predicted octanol–water partition coefficient (Wildman–Crippen LogP) is 9.18. The maximum atomic E-state index is 2.60. The first-order chi connectivity index (χ1) is 15.3. The second-order valence-electron chi connectivity index (χ2n) is 9.86. The lowest BCUT2D eigenvalue weighted by molar-refractivity contribution is -0.704. The SMILES string of the molecule is CCCCCCCCCCC[n+]1ccn(CCCCCCCC)c1CCCCCCC. The second-order valence-corrected chi connectivity index (χ2v) is 9.86. The van der Waals surface area contributed by atoms with Gasteiger partial charge < -0.3 is 0 Å². The fraction of sp³-hybridized carbons (Fsp3) is 0.897. The first kappa shape index (κ1) is 28.2. The van der Waals surface area contributed by atoms with Gasteiger partial charge in [-0.15, -0.1) is 0 Å². The lowest BCUT2D eigenvalue weighted by Gasteiger charge is -2.07. The molecule has 0 spiro atoms. The van der Waals surface area contributed by atoms with E-state index < -0.39 is 0 Å². The smallest absolute Gasteiger partial charge is 0.234 e. The molecule has 0 aliphatic carbocycles. The van der Waals surface area contributed by atoms with E-state index in [4.69, 9.17) is 0 Å². The van der Waals surface area contributed by atoms with E-state index in [1.807, 2.05) is 0 Å². The van der Waals surface area contributed by atoms with E-state index in [2.05, 4.69) is 42.3 Å². The van der Waals surface area contributed by atoms with E-state index in [9.17, 15) is 0 Å². The van der Waals surface area contributed by atoms with Gasteiger partial charge in [0.1, 0.15) is 12.4 Å². The number of unbranched alkanes of at least 4 members (excludes halogenated alkanes) is 17. The quantitative estimate of drug-likeness (QED) is 0.120. The standard InChI is InChI=1S/C29H57N2/c1-4-7-10-13-15-16-17-20-23-26-31-28-27-30(25-22-19-14-11-8-5-2)29(31)24-21-18-12-9-6-3/h27-28H,4-26H2,1-3H3/q+1. The Bertz CT molecular complexity index is 491. The van der Waals surface area contributed by atoms with Gasteiger partial charge in [-0.3, -0.25) is 0 Å². The Morgan fingerprint density at radius 3 is 1.55 bits per heavy atom. The highest BCUT2D eigenvalue weighted by atomic mass is 15.1. The minimum Gasteiger partial charge on any atom is -0.234 e. The van der Waals surface area contributed by atoms with E-state index >= 15 is 0 Å². The monoisotopic (exact) mass is 433 g/mol. The minimum atomic E-state index is 1.22. The molecule has 0 saturated carbocycles. The largest absolute Gasteiger partial charge is 0.256 e. The third kappa shape index (κ3) is 14.8. The van der Waals surface area contributed by atoms with Crippen LogP contribution in [0.15, 0.2) is 12.4 Å². The number of rotatable bonds is 23.